The second-order valence-electron chi connectivity index (χ2n) is 7.41. The van der Waals surface area contributed by atoms with E-state index in [1.54, 1.807) is 0 Å². The summed E-state index contributed by atoms with van der Waals surface area (Å²) in [6.07, 6.45) is 11.3. The predicted molar refractivity (Wildman–Crippen MR) is 103 cm³/mol. The second kappa shape index (κ2) is 6.95. The number of hydrogen-bond donors (Lipinski definition) is 2. The topological polar surface area (TPSA) is 48.1 Å². The van der Waals surface area contributed by atoms with Crippen LogP contribution in [0.25, 0.3) is 16.5 Å². The quantitative estimate of drug-likeness (QED) is 0.826. The highest BCUT2D eigenvalue weighted by molar-refractivity contribution is 5.94. The number of aromatic nitrogens is 1. The fourth-order valence-corrected chi connectivity index (χ4v) is 4.18. The van der Waals surface area contributed by atoms with E-state index < -0.39 is 0 Å². The molecule has 2 heterocycles. The number of benzene rings is 1. The van der Waals surface area contributed by atoms with Crippen molar-refractivity contribution in [2.24, 2.45) is 0 Å². The average molecular weight is 337 g/mol. The van der Waals surface area contributed by atoms with Gasteiger partial charge < -0.3 is 15.2 Å². The maximum atomic E-state index is 12.5. The number of amides is 2. The minimum absolute atomic E-state index is 0.108. The Bertz CT molecular complexity index is 799. The molecule has 1 aliphatic carbocycles. The molecular weight excluding hydrogens is 310 g/mol. The van der Waals surface area contributed by atoms with Crippen LogP contribution in [-0.4, -0.2) is 35.0 Å². The molecule has 2 N–H and O–H groups in total. The lowest BCUT2D eigenvalue weighted by molar-refractivity contribution is 0.195. The number of carbonyl (C=O) groups excluding carboxylic acids is 1. The van der Waals surface area contributed by atoms with Crippen LogP contribution in [0.2, 0.25) is 0 Å². The Balaban J connectivity index is 1.44. The summed E-state index contributed by atoms with van der Waals surface area (Å²) in [5, 5.41) is 4.51. The van der Waals surface area contributed by atoms with Gasteiger partial charge in [-0.3, -0.25) is 0 Å². The Morgan fingerprint density at radius 2 is 2.08 bits per heavy atom. The molecule has 4 heteroatoms. The lowest BCUT2D eigenvalue weighted by Crippen LogP contribution is -2.46. The summed E-state index contributed by atoms with van der Waals surface area (Å²) in [5.41, 5.74) is 5.12. The second-order valence-corrected chi connectivity index (χ2v) is 7.41. The van der Waals surface area contributed by atoms with Crippen LogP contribution < -0.4 is 5.32 Å². The Labute approximate surface area is 149 Å². The number of rotatable bonds is 2. The molecule has 1 aliphatic heterocycles. The van der Waals surface area contributed by atoms with Crippen LogP contribution in [0.1, 0.15) is 49.7 Å². The molecule has 2 aliphatic rings. The molecule has 0 radical (unpaired) electrons. The minimum atomic E-state index is 0.108. The van der Waals surface area contributed by atoms with E-state index in [0.717, 1.165) is 25.8 Å². The zero-order chi connectivity index (χ0) is 17.2. The highest BCUT2D eigenvalue weighted by Crippen LogP contribution is 2.30. The van der Waals surface area contributed by atoms with Gasteiger partial charge in [0.1, 0.15) is 0 Å². The van der Waals surface area contributed by atoms with Crippen molar-refractivity contribution in [3.63, 3.8) is 0 Å². The summed E-state index contributed by atoms with van der Waals surface area (Å²) in [6.45, 7) is 3.63. The fourth-order valence-electron chi connectivity index (χ4n) is 4.18. The number of H-pyrrole nitrogens is 1. The smallest absolute Gasteiger partial charge is 0.317 e. The zero-order valence-corrected chi connectivity index (χ0v) is 15.0. The first kappa shape index (κ1) is 16.2. The van der Waals surface area contributed by atoms with Crippen molar-refractivity contribution < 1.29 is 4.79 Å². The van der Waals surface area contributed by atoms with Crippen molar-refractivity contribution in [2.45, 2.75) is 51.5 Å². The van der Waals surface area contributed by atoms with Crippen LogP contribution in [0.15, 0.2) is 30.5 Å². The van der Waals surface area contributed by atoms with Crippen LogP contribution in [0.3, 0.4) is 0 Å². The molecular formula is C21H27N3O. The summed E-state index contributed by atoms with van der Waals surface area (Å²) in [4.78, 5) is 17.8. The van der Waals surface area contributed by atoms with Crippen molar-refractivity contribution in [3.8, 4) is 0 Å². The molecule has 25 heavy (non-hydrogen) atoms. The first-order valence-corrected chi connectivity index (χ1v) is 9.54. The number of fused-ring (bicyclic) bond motifs is 1. The SMILES string of the molecule is Cc1cccc2c(C3=CCN(C(=O)NC4CCCCC4)CC3)c[nH]c12. The maximum Gasteiger partial charge on any atom is 0.317 e. The van der Waals surface area contributed by atoms with Gasteiger partial charge in [0, 0.05) is 41.8 Å². The number of aryl methyl sites for hydroxylation is 1. The lowest BCUT2D eigenvalue weighted by Gasteiger charge is -2.30. The lowest BCUT2D eigenvalue weighted by atomic mass is 9.95. The number of para-hydroxylation sites is 1. The van der Waals surface area contributed by atoms with Gasteiger partial charge in [0.05, 0.1) is 0 Å². The molecule has 1 saturated carbocycles. The van der Waals surface area contributed by atoms with Crippen molar-refractivity contribution >= 4 is 22.5 Å². The Morgan fingerprint density at radius 3 is 2.84 bits per heavy atom. The monoisotopic (exact) mass is 337 g/mol. The van der Waals surface area contributed by atoms with Gasteiger partial charge in [-0.15, -0.1) is 0 Å². The van der Waals surface area contributed by atoms with E-state index in [1.807, 2.05) is 4.90 Å². The van der Waals surface area contributed by atoms with Crippen molar-refractivity contribution in [1.29, 1.82) is 0 Å². The summed E-state index contributed by atoms with van der Waals surface area (Å²) >= 11 is 0. The van der Waals surface area contributed by atoms with Gasteiger partial charge in [-0.05, 0) is 37.3 Å². The van der Waals surface area contributed by atoms with Crippen LogP contribution >= 0.6 is 0 Å². The highest BCUT2D eigenvalue weighted by Gasteiger charge is 2.22. The maximum absolute atomic E-state index is 12.5. The first-order valence-electron chi connectivity index (χ1n) is 9.54. The molecule has 132 valence electrons. The van der Waals surface area contributed by atoms with E-state index in [-0.39, 0.29) is 6.03 Å². The molecule has 2 aromatic rings. The summed E-state index contributed by atoms with van der Waals surface area (Å²) < 4.78 is 0. The highest BCUT2D eigenvalue weighted by atomic mass is 16.2. The molecule has 0 spiro atoms. The van der Waals surface area contributed by atoms with E-state index in [0.29, 0.717) is 12.6 Å². The number of nitrogens with one attached hydrogen (secondary N) is 2. The van der Waals surface area contributed by atoms with E-state index in [9.17, 15) is 4.79 Å². The normalized spacial score (nSPS) is 19.1. The number of hydrogen-bond acceptors (Lipinski definition) is 1. The standard InChI is InChI=1S/C21H27N3O/c1-15-6-5-9-18-19(14-22-20(15)18)16-10-12-24(13-11-16)21(25)23-17-7-3-2-4-8-17/h5-6,9-10,14,17,22H,2-4,7-8,11-13H2,1H3,(H,23,25). The van der Waals surface area contributed by atoms with Crippen LogP contribution in [-0.2, 0) is 0 Å². The Morgan fingerprint density at radius 1 is 1.24 bits per heavy atom. The van der Waals surface area contributed by atoms with E-state index in [1.165, 1.54) is 46.9 Å². The molecule has 1 aromatic heterocycles. The molecule has 0 saturated heterocycles. The summed E-state index contributed by atoms with van der Waals surface area (Å²) in [7, 11) is 0. The summed E-state index contributed by atoms with van der Waals surface area (Å²) in [5.74, 6) is 0. The number of nitrogens with zero attached hydrogens (tertiary/aromatic N) is 1. The number of aromatic amines is 1. The number of urea groups is 1. The molecule has 4 rings (SSSR count). The molecule has 0 atom stereocenters. The van der Waals surface area contributed by atoms with Crippen LogP contribution in [0.4, 0.5) is 4.79 Å². The first-order chi connectivity index (χ1) is 12.2. The summed E-state index contributed by atoms with van der Waals surface area (Å²) in [6, 6.07) is 6.91. The van der Waals surface area contributed by atoms with E-state index in [2.05, 4.69) is 47.7 Å². The van der Waals surface area contributed by atoms with Crippen molar-refractivity contribution in [2.75, 3.05) is 13.1 Å². The molecule has 0 bridgehead atoms. The molecule has 0 unspecified atom stereocenters. The zero-order valence-electron chi connectivity index (χ0n) is 15.0. The minimum Gasteiger partial charge on any atom is -0.360 e. The third-order valence-corrected chi connectivity index (χ3v) is 5.70. The fraction of sp³-hybridized carbons (Fsp3) is 0.476. The third kappa shape index (κ3) is 3.30. The van der Waals surface area contributed by atoms with Gasteiger partial charge in [-0.1, -0.05) is 43.5 Å². The van der Waals surface area contributed by atoms with E-state index >= 15 is 0 Å². The van der Waals surface area contributed by atoms with Crippen LogP contribution in [0, 0.1) is 6.92 Å². The molecule has 2 amide bonds. The van der Waals surface area contributed by atoms with Crippen molar-refractivity contribution in [3.05, 3.63) is 41.6 Å². The average Bonchev–Trinajstić information content (AvgIpc) is 3.08. The number of carbonyl (C=O) groups is 1. The molecule has 1 fully saturated rings. The Hall–Kier alpha value is -2.23. The third-order valence-electron chi connectivity index (χ3n) is 5.70. The molecule has 1 aromatic carbocycles. The van der Waals surface area contributed by atoms with Crippen molar-refractivity contribution in [1.82, 2.24) is 15.2 Å². The van der Waals surface area contributed by atoms with E-state index in [4.69, 9.17) is 0 Å². The largest absolute Gasteiger partial charge is 0.360 e. The van der Waals surface area contributed by atoms with Gasteiger partial charge in [0.2, 0.25) is 0 Å². The van der Waals surface area contributed by atoms with Gasteiger partial charge in [-0.2, -0.15) is 0 Å². The predicted octanol–water partition coefficient (Wildman–Crippen LogP) is 4.61. The van der Waals surface area contributed by atoms with Gasteiger partial charge >= 0.3 is 6.03 Å². The van der Waals surface area contributed by atoms with Gasteiger partial charge in [-0.25, -0.2) is 4.79 Å². The van der Waals surface area contributed by atoms with Gasteiger partial charge in [0.25, 0.3) is 0 Å². The van der Waals surface area contributed by atoms with Gasteiger partial charge in [0.15, 0.2) is 0 Å². The van der Waals surface area contributed by atoms with Crippen LogP contribution in [0.5, 0.6) is 0 Å². The molecule has 4 nitrogen and oxygen atoms in total. The Kier molecular flexibility index (Phi) is 4.51.